The Morgan fingerprint density at radius 2 is 0.614 bits per heavy atom. The van der Waals surface area contributed by atoms with Crippen molar-refractivity contribution in [3.8, 4) is 0 Å². The van der Waals surface area contributed by atoms with Crippen molar-refractivity contribution in [2.75, 3.05) is 122 Å². The molecule has 32 nitrogen and oxygen atoms in total. The van der Waals surface area contributed by atoms with Crippen LogP contribution in [0.25, 0.3) is 0 Å². The predicted molar refractivity (Wildman–Crippen MR) is 504 cm³/mol. The molecule has 0 saturated heterocycles. The lowest BCUT2D eigenvalue weighted by Crippen LogP contribution is -2.36. The van der Waals surface area contributed by atoms with Crippen LogP contribution < -0.4 is 9.44 Å². The van der Waals surface area contributed by atoms with Gasteiger partial charge in [0.2, 0.25) is 60.1 Å². The van der Waals surface area contributed by atoms with Crippen LogP contribution in [0.5, 0.6) is 0 Å². The largest absolute Gasteiger partial charge is 0.395 e. The first-order valence-corrected chi connectivity index (χ1v) is 53.5. The molecular formula is C83H113N7O25S12. The lowest BCUT2D eigenvalue weighted by molar-refractivity contribution is -0.109. The highest BCUT2D eigenvalue weighted by Crippen LogP contribution is 2.24. The molecule has 702 valence electrons. The Morgan fingerprint density at radius 3 is 0.890 bits per heavy atom. The molecule has 0 heterocycles. The molecule has 0 aliphatic rings. The number of benzene rings is 6. The maximum atomic E-state index is 12.6. The van der Waals surface area contributed by atoms with Crippen LogP contribution in [0.1, 0.15) is 159 Å². The van der Waals surface area contributed by atoms with Crippen LogP contribution in [0, 0.1) is 5.92 Å². The second-order valence-corrected chi connectivity index (χ2v) is 46.0. The molecule has 6 aromatic rings. The Morgan fingerprint density at radius 1 is 0.331 bits per heavy atom. The second kappa shape index (κ2) is 57.9. The van der Waals surface area contributed by atoms with Crippen LogP contribution in [-0.2, 0) is 88.9 Å². The fraction of sp³-hybridized carbons (Fsp3) is 0.422. The van der Waals surface area contributed by atoms with E-state index in [1.807, 2.05) is 32.8 Å². The molecule has 0 spiro atoms. The number of rotatable bonds is 42. The van der Waals surface area contributed by atoms with E-state index in [2.05, 4.69) is 9.44 Å². The van der Waals surface area contributed by atoms with E-state index in [0.29, 0.717) is 60.5 Å². The van der Waals surface area contributed by atoms with Gasteiger partial charge < -0.3 is 10.0 Å². The van der Waals surface area contributed by atoms with Crippen LogP contribution in [0.4, 0.5) is 0 Å². The summed E-state index contributed by atoms with van der Waals surface area (Å²) in [5, 5.41) is 8.11. The Hall–Kier alpha value is -7.16. The van der Waals surface area contributed by atoms with Crippen molar-refractivity contribution in [2.24, 2.45) is 5.92 Å². The normalized spacial score (nSPS) is 11.7. The van der Waals surface area contributed by atoms with Gasteiger partial charge in [0.15, 0.2) is 65.4 Å². The number of sulfonamides is 6. The van der Waals surface area contributed by atoms with E-state index in [9.17, 15) is 108 Å². The van der Waals surface area contributed by atoms with E-state index in [-0.39, 0.29) is 173 Å². The zero-order valence-corrected chi connectivity index (χ0v) is 83.8. The molecule has 0 aliphatic heterocycles. The number of carbonyl (C=O) groups is 12. The van der Waals surface area contributed by atoms with Gasteiger partial charge in [-0.2, -0.15) is 12.9 Å². The second-order valence-electron chi connectivity index (χ2n) is 27.7. The molecule has 0 unspecified atom stereocenters. The number of thioether (sulfide) groups is 6. The summed E-state index contributed by atoms with van der Waals surface area (Å²) in [6.45, 7) is 25.0. The summed E-state index contributed by atoms with van der Waals surface area (Å²) >= 11 is 5.55. The van der Waals surface area contributed by atoms with Crippen molar-refractivity contribution in [3.05, 3.63) is 179 Å². The number of aliphatic hydroxyl groups is 1. The number of nitrogens with zero attached hydrogens (tertiary/aromatic N) is 5. The summed E-state index contributed by atoms with van der Waals surface area (Å²) in [5.74, 6) is -0.891. The van der Waals surface area contributed by atoms with Gasteiger partial charge in [0, 0.05) is 147 Å². The number of likely N-dealkylation sites (N-methyl/N-ethyl adjacent to an activating group) is 3. The number of aliphatic hydroxyl groups excluding tert-OH is 1. The minimum Gasteiger partial charge on any atom is -0.395 e. The van der Waals surface area contributed by atoms with Crippen LogP contribution in [0.2, 0.25) is 0 Å². The molecule has 0 aromatic heterocycles. The van der Waals surface area contributed by atoms with Gasteiger partial charge in [0.25, 0.3) is 0 Å². The van der Waals surface area contributed by atoms with Gasteiger partial charge in [-0.3, -0.25) is 57.5 Å². The average molecular weight is 1990 g/mol. The molecule has 3 N–H and O–H groups in total. The van der Waals surface area contributed by atoms with Gasteiger partial charge >= 0.3 is 0 Å². The van der Waals surface area contributed by atoms with Crippen molar-refractivity contribution in [3.63, 3.8) is 0 Å². The van der Waals surface area contributed by atoms with E-state index >= 15 is 0 Å². The number of nitrogens with one attached hydrogen (secondary N) is 2. The highest BCUT2D eigenvalue weighted by atomic mass is 32.2. The Bertz CT molecular complexity index is 5450. The van der Waals surface area contributed by atoms with E-state index < -0.39 is 60.1 Å². The Labute approximate surface area is 773 Å². The molecular weight excluding hydrogens is 1880 g/mol. The van der Waals surface area contributed by atoms with Crippen molar-refractivity contribution in [1.29, 1.82) is 0 Å². The maximum absolute atomic E-state index is 12.6. The van der Waals surface area contributed by atoms with Crippen molar-refractivity contribution >= 4 is 196 Å². The van der Waals surface area contributed by atoms with E-state index in [0.717, 1.165) is 74.9 Å². The van der Waals surface area contributed by atoms with Gasteiger partial charge in [-0.25, -0.2) is 64.3 Å². The monoisotopic (exact) mass is 1990 g/mol. The quantitative estimate of drug-likeness (QED) is 0.0300. The number of Topliss-reactive ketones (excluding diaryl/α,β-unsaturated/α-hetero) is 6. The third-order valence-corrected chi connectivity index (χ3v) is 32.6. The summed E-state index contributed by atoms with van der Waals surface area (Å²) in [6, 6.07) is 34.5. The number of ketones is 6. The first-order valence-electron chi connectivity index (χ1n) is 38.8. The van der Waals surface area contributed by atoms with Gasteiger partial charge in [-0.1, -0.05) is 185 Å². The first-order chi connectivity index (χ1) is 59.0. The lowest BCUT2D eigenvalue weighted by atomic mass is 10.1. The lowest BCUT2D eigenvalue weighted by Gasteiger charge is -2.22. The standard InChI is InChI=1S/C16H24N2O4S2.C14H19NO5S2.2C14H19NO4S2.C13H17NO4S2.C12H15NO4S2/c1-5-18(11-10-17(3)4)24(21,22)15-8-6-14(7-9-15)16(20)12-23-13(2)19;1-3-15(8-9-16)22(19,20)13-6-4-12(5-7-13)14(18)10-21-11(2)17;1-10(2)15(4)21(18,19)13-7-5-12(6-8-13)14(17)9-20-11(3)16;1-10(2)8-15-21(18,19)13-6-4-12(5-7-13)14(17)9-20-11(3)16;1-4-14(3)20(17,18)12-7-5-6-11(8-12)13(16)9-19-10(2)15;1-3-13-19(16,17)11-6-4-5-10(7-11)12(15)8-18-9(2)14/h6-9H,5,10-12H2,1-4H3;4-7,16H,3,8-10H2,1-2H3;5-8,10H,9H2,1-4H3;4-7,10,15H,8-9H2,1-3H3;5-8H,4,9H2,1-3H3;4-7,13H,3,8H2,1-2H3. The van der Waals surface area contributed by atoms with Gasteiger partial charge in [0.1, 0.15) is 0 Å². The molecule has 127 heavy (non-hydrogen) atoms. The molecule has 0 radical (unpaired) electrons. The van der Waals surface area contributed by atoms with Gasteiger partial charge in [-0.05, 0) is 107 Å². The zero-order chi connectivity index (χ0) is 97.1. The third-order valence-electron chi connectivity index (χ3n) is 16.8. The molecule has 0 aliphatic carbocycles. The van der Waals surface area contributed by atoms with E-state index in [1.165, 1.54) is 208 Å². The van der Waals surface area contributed by atoms with E-state index in [4.69, 9.17) is 5.11 Å². The van der Waals surface area contributed by atoms with Crippen LogP contribution in [-0.4, -0.2) is 271 Å². The van der Waals surface area contributed by atoms with Crippen LogP contribution >= 0.6 is 70.6 Å². The highest BCUT2D eigenvalue weighted by molar-refractivity contribution is 8.15. The molecule has 6 aromatic carbocycles. The molecule has 0 amide bonds. The third kappa shape index (κ3) is 42.7. The summed E-state index contributed by atoms with van der Waals surface area (Å²) in [4.78, 5) is 139. The summed E-state index contributed by atoms with van der Waals surface area (Å²) in [6.07, 6.45) is 0. The molecule has 0 saturated carbocycles. The minimum absolute atomic E-state index is 0.0139. The first kappa shape index (κ1) is 118. The van der Waals surface area contributed by atoms with Gasteiger partial charge in [0.05, 0.1) is 70.5 Å². The molecule has 0 atom stereocenters. The summed E-state index contributed by atoms with van der Waals surface area (Å²) < 4.78 is 156. The van der Waals surface area contributed by atoms with Crippen LogP contribution in [0.3, 0.4) is 0 Å². The smallest absolute Gasteiger partial charge is 0.243 e. The zero-order valence-electron chi connectivity index (χ0n) is 74.0. The Kier molecular flexibility index (Phi) is 53.7. The van der Waals surface area contributed by atoms with E-state index in [1.54, 1.807) is 47.6 Å². The Balaban J connectivity index is 0.000000763. The molecule has 6 rings (SSSR count). The maximum Gasteiger partial charge on any atom is 0.243 e. The minimum atomic E-state index is -3.68. The fourth-order valence-electron chi connectivity index (χ4n) is 9.47. The summed E-state index contributed by atoms with van der Waals surface area (Å²) in [5.41, 5.74) is 2.13. The fourth-order valence-corrected chi connectivity index (χ4v) is 20.3. The number of carbonyl (C=O) groups excluding carboxylic acids is 12. The van der Waals surface area contributed by atoms with Crippen LogP contribution in [0.15, 0.2) is 175 Å². The topological polar surface area (TPSA) is 470 Å². The predicted octanol–water partition coefficient (Wildman–Crippen LogP) is 10.4. The SMILES string of the molecule is CC(=O)SCC(=O)c1ccc(S(=O)(=O)N(C)C(C)C)cc1.CC(=O)SCC(=O)c1ccc(S(=O)(=O)NCC(C)C)cc1.CCN(C)S(=O)(=O)c1cccc(C(=O)CSC(C)=O)c1.CCN(CCN(C)C)S(=O)(=O)c1ccc(C(=O)CSC(C)=O)cc1.CCN(CCO)S(=O)(=O)c1ccc(C(=O)CSC(C)=O)cc1.CCNS(=O)(=O)c1cccc(C(=O)CSC(C)=O)c1. The number of hydrogen-bond acceptors (Lipinski definition) is 32. The molecule has 0 fully saturated rings. The molecule has 44 heteroatoms. The molecule has 0 bridgehead atoms. The van der Waals surface area contributed by atoms with Crippen molar-refractivity contribution in [1.82, 2.24) is 31.6 Å². The van der Waals surface area contributed by atoms with Crippen molar-refractivity contribution in [2.45, 2.75) is 132 Å². The van der Waals surface area contributed by atoms with Gasteiger partial charge in [-0.15, -0.1) is 0 Å². The highest BCUT2D eigenvalue weighted by Gasteiger charge is 2.28. The number of hydrogen-bond donors (Lipinski definition) is 3. The van der Waals surface area contributed by atoms with Crippen molar-refractivity contribution < 1.29 is 113 Å². The summed E-state index contributed by atoms with van der Waals surface area (Å²) in [7, 11) is -14.7. The average Bonchev–Trinajstić information content (AvgIpc) is 0.813.